The number of hydrogen-bond donors (Lipinski definition) is 1. The second kappa shape index (κ2) is 5.89. The van der Waals surface area contributed by atoms with Gasteiger partial charge in [-0.2, -0.15) is 0 Å². The predicted octanol–water partition coefficient (Wildman–Crippen LogP) is 3.24. The molecule has 0 saturated carbocycles. The van der Waals surface area contributed by atoms with E-state index in [1.807, 2.05) is 37.3 Å². The van der Waals surface area contributed by atoms with Crippen molar-refractivity contribution in [1.82, 2.24) is 9.97 Å². The normalized spacial score (nSPS) is 10.6. The van der Waals surface area contributed by atoms with Crippen LogP contribution in [-0.4, -0.2) is 23.0 Å². The number of aromatic nitrogens is 2. The average molecular weight is 296 g/mol. The van der Waals surface area contributed by atoms with E-state index >= 15 is 0 Å². The summed E-state index contributed by atoms with van der Waals surface area (Å²) in [5, 5.41) is 0. The summed E-state index contributed by atoms with van der Waals surface area (Å²) < 4.78 is 10.6. The first-order valence-corrected chi connectivity index (χ1v) is 6.93. The molecule has 0 aliphatic heterocycles. The Morgan fingerprint density at radius 1 is 1.23 bits per heavy atom. The highest BCUT2D eigenvalue weighted by atomic mass is 16.5. The summed E-state index contributed by atoms with van der Waals surface area (Å²) in [7, 11) is 1.36. The second-order valence-electron chi connectivity index (χ2n) is 4.96. The van der Waals surface area contributed by atoms with Crippen molar-refractivity contribution in [3.63, 3.8) is 0 Å². The molecule has 5 heteroatoms. The zero-order valence-electron chi connectivity index (χ0n) is 12.4. The Balaban J connectivity index is 1.97. The third-order valence-corrected chi connectivity index (χ3v) is 3.33. The van der Waals surface area contributed by atoms with Crippen LogP contribution in [-0.2, 0) is 11.3 Å². The van der Waals surface area contributed by atoms with Gasteiger partial charge in [0.1, 0.15) is 23.7 Å². The first-order chi connectivity index (χ1) is 10.7. The first-order valence-electron chi connectivity index (χ1n) is 6.93. The molecule has 0 fully saturated rings. The number of fused-ring (bicyclic) bond motifs is 1. The molecule has 0 aliphatic rings. The molecule has 3 rings (SSSR count). The molecule has 0 amide bonds. The van der Waals surface area contributed by atoms with Gasteiger partial charge in [-0.1, -0.05) is 30.3 Å². The van der Waals surface area contributed by atoms with Gasteiger partial charge in [-0.25, -0.2) is 9.78 Å². The van der Waals surface area contributed by atoms with Crippen LogP contribution in [0.4, 0.5) is 0 Å². The van der Waals surface area contributed by atoms with Crippen molar-refractivity contribution in [1.29, 1.82) is 0 Å². The van der Waals surface area contributed by atoms with E-state index in [1.54, 1.807) is 12.1 Å². The number of H-pyrrole nitrogens is 1. The fourth-order valence-electron chi connectivity index (χ4n) is 2.29. The van der Waals surface area contributed by atoms with Gasteiger partial charge in [0.05, 0.1) is 18.2 Å². The maximum Gasteiger partial charge on any atom is 0.338 e. The first kappa shape index (κ1) is 14.1. The molecule has 5 nitrogen and oxygen atoms in total. The Hall–Kier alpha value is -2.82. The van der Waals surface area contributed by atoms with Gasteiger partial charge in [-0.3, -0.25) is 0 Å². The lowest BCUT2D eigenvalue weighted by Crippen LogP contribution is -2.03. The molecule has 0 radical (unpaired) electrons. The minimum Gasteiger partial charge on any atom is -0.487 e. The molecule has 112 valence electrons. The summed E-state index contributed by atoms with van der Waals surface area (Å²) in [5.41, 5.74) is 2.94. The predicted molar refractivity (Wildman–Crippen MR) is 82.9 cm³/mol. The number of rotatable bonds is 4. The quantitative estimate of drug-likeness (QED) is 0.751. The van der Waals surface area contributed by atoms with E-state index in [2.05, 4.69) is 9.97 Å². The summed E-state index contributed by atoms with van der Waals surface area (Å²) in [4.78, 5) is 19.3. The lowest BCUT2D eigenvalue weighted by molar-refractivity contribution is 0.0600. The van der Waals surface area contributed by atoms with Crippen molar-refractivity contribution < 1.29 is 14.3 Å². The molecule has 0 unspecified atom stereocenters. The van der Waals surface area contributed by atoms with Crippen LogP contribution in [0.25, 0.3) is 11.0 Å². The van der Waals surface area contributed by atoms with Crippen LogP contribution < -0.4 is 4.74 Å². The highest BCUT2D eigenvalue weighted by Gasteiger charge is 2.14. The van der Waals surface area contributed by atoms with E-state index in [4.69, 9.17) is 9.47 Å². The number of ether oxygens (including phenoxy) is 2. The van der Waals surface area contributed by atoms with Gasteiger partial charge in [0, 0.05) is 0 Å². The molecule has 22 heavy (non-hydrogen) atoms. The van der Waals surface area contributed by atoms with Gasteiger partial charge >= 0.3 is 5.97 Å². The number of aromatic amines is 1. The largest absolute Gasteiger partial charge is 0.487 e. The van der Waals surface area contributed by atoms with Crippen LogP contribution in [0.1, 0.15) is 21.7 Å². The minimum absolute atomic E-state index is 0.404. The smallest absolute Gasteiger partial charge is 0.338 e. The molecule has 1 aromatic heterocycles. The molecule has 0 atom stereocenters. The lowest BCUT2D eigenvalue weighted by atomic mass is 10.2. The van der Waals surface area contributed by atoms with E-state index in [9.17, 15) is 4.79 Å². The van der Waals surface area contributed by atoms with Gasteiger partial charge in [0.15, 0.2) is 0 Å². The Bertz CT molecular complexity index is 809. The van der Waals surface area contributed by atoms with Crippen LogP contribution in [0.15, 0.2) is 42.5 Å². The van der Waals surface area contributed by atoms with Crippen LogP contribution in [0.5, 0.6) is 5.75 Å². The average Bonchev–Trinajstić information content (AvgIpc) is 2.93. The molecule has 1 heterocycles. The highest BCUT2D eigenvalue weighted by Crippen LogP contribution is 2.27. The number of carbonyl (C=O) groups is 1. The molecular formula is C17H16N2O3. The van der Waals surface area contributed by atoms with Crippen molar-refractivity contribution in [2.75, 3.05) is 7.11 Å². The Morgan fingerprint density at radius 2 is 2.00 bits per heavy atom. The maximum absolute atomic E-state index is 11.8. The summed E-state index contributed by atoms with van der Waals surface area (Å²) in [5.74, 6) is 0.923. The highest BCUT2D eigenvalue weighted by molar-refractivity contribution is 5.96. The van der Waals surface area contributed by atoms with Crippen LogP contribution >= 0.6 is 0 Å². The Labute approximate surface area is 127 Å². The Kier molecular flexibility index (Phi) is 3.78. The van der Waals surface area contributed by atoms with E-state index in [0.717, 1.165) is 16.9 Å². The summed E-state index contributed by atoms with van der Waals surface area (Å²) >= 11 is 0. The van der Waals surface area contributed by atoms with Crippen molar-refractivity contribution in [2.24, 2.45) is 0 Å². The third-order valence-electron chi connectivity index (χ3n) is 3.33. The van der Waals surface area contributed by atoms with Crippen LogP contribution in [0.3, 0.4) is 0 Å². The van der Waals surface area contributed by atoms with Crippen molar-refractivity contribution in [2.45, 2.75) is 13.5 Å². The fraction of sp³-hybridized carbons (Fsp3) is 0.176. The number of carbonyl (C=O) groups excluding carboxylic acids is 1. The fourth-order valence-corrected chi connectivity index (χ4v) is 2.29. The zero-order chi connectivity index (χ0) is 15.5. The molecule has 2 aromatic carbocycles. The van der Waals surface area contributed by atoms with Gasteiger partial charge in [0.25, 0.3) is 0 Å². The molecule has 0 saturated heterocycles. The summed E-state index contributed by atoms with van der Waals surface area (Å²) in [6.07, 6.45) is 0. The molecule has 0 bridgehead atoms. The molecule has 1 N–H and O–H groups in total. The van der Waals surface area contributed by atoms with E-state index in [0.29, 0.717) is 23.4 Å². The monoisotopic (exact) mass is 296 g/mol. The SMILES string of the molecule is COC(=O)c1cc(OCc2ccccc2)c2nc(C)[nH]c2c1. The number of benzene rings is 2. The number of nitrogens with zero attached hydrogens (tertiary/aromatic N) is 1. The number of esters is 1. The van der Waals surface area contributed by atoms with Gasteiger partial charge in [0.2, 0.25) is 0 Å². The zero-order valence-corrected chi connectivity index (χ0v) is 12.4. The Morgan fingerprint density at radius 3 is 2.73 bits per heavy atom. The summed E-state index contributed by atoms with van der Waals surface area (Å²) in [6.45, 7) is 2.27. The molecular weight excluding hydrogens is 280 g/mol. The number of methoxy groups -OCH3 is 1. The van der Waals surface area contributed by atoms with Gasteiger partial charge < -0.3 is 14.5 Å². The van der Waals surface area contributed by atoms with Gasteiger partial charge in [-0.05, 0) is 24.6 Å². The van der Waals surface area contributed by atoms with Crippen molar-refractivity contribution in [3.05, 3.63) is 59.4 Å². The molecule has 0 spiro atoms. The molecule has 0 aliphatic carbocycles. The maximum atomic E-state index is 11.8. The second-order valence-corrected chi connectivity index (χ2v) is 4.96. The van der Waals surface area contributed by atoms with E-state index < -0.39 is 5.97 Å². The lowest BCUT2D eigenvalue weighted by Gasteiger charge is -2.08. The van der Waals surface area contributed by atoms with Crippen LogP contribution in [0.2, 0.25) is 0 Å². The molecule has 3 aromatic rings. The van der Waals surface area contributed by atoms with Crippen molar-refractivity contribution >= 4 is 17.0 Å². The van der Waals surface area contributed by atoms with Gasteiger partial charge in [-0.15, -0.1) is 0 Å². The summed E-state index contributed by atoms with van der Waals surface area (Å²) in [6, 6.07) is 13.2. The topological polar surface area (TPSA) is 64.2 Å². The van der Waals surface area contributed by atoms with Crippen LogP contribution in [0, 0.1) is 6.92 Å². The van der Waals surface area contributed by atoms with Crippen molar-refractivity contribution in [3.8, 4) is 5.75 Å². The minimum atomic E-state index is -0.404. The third kappa shape index (κ3) is 2.79. The van der Waals surface area contributed by atoms with E-state index in [1.165, 1.54) is 7.11 Å². The van der Waals surface area contributed by atoms with E-state index in [-0.39, 0.29) is 0 Å². The number of hydrogen-bond acceptors (Lipinski definition) is 4. The number of imidazole rings is 1. The standard InChI is InChI=1S/C17H16N2O3/c1-11-18-14-8-13(17(20)21-2)9-15(16(14)19-11)22-10-12-6-4-3-5-7-12/h3-9H,10H2,1-2H3,(H,18,19). The number of aryl methyl sites for hydroxylation is 1. The number of nitrogens with one attached hydrogen (secondary N) is 1.